The van der Waals surface area contributed by atoms with Gasteiger partial charge in [-0.15, -0.1) is 0 Å². The zero-order chi connectivity index (χ0) is 16.6. The van der Waals surface area contributed by atoms with E-state index in [0.29, 0.717) is 22.2 Å². The highest BCUT2D eigenvalue weighted by atomic mass is 79.9. The lowest BCUT2D eigenvalue weighted by Crippen LogP contribution is -2.06. The molecular weight excluding hydrogens is 358 g/mol. The number of hydrogen-bond acceptors (Lipinski definition) is 3. The largest absolute Gasteiger partial charge is 0.511 e. The van der Waals surface area contributed by atoms with E-state index in [1.54, 1.807) is 0 Å². The highest BCUT2D eigenvalue weighted by Crippen LogP contribution is 2.37. The summed E-state index contributed by atoms with van der Waals surface area (Å²) >= 11 is 3.40. The van der Waals surface area contributed by atoms with Gasteiger partial charge in [-0.25, -0.2) is 9.78 Å². The van der Waals surface area contributed by atoms with Gasteiger partial charge < -0.3 is 9.84 Å². The lowest BCUT2D eigenvalue weighted by molar-refractivity contribution is 0.144. The van der Waals surface area contributed by atoms with Gasteiger partial charge in [0.25, 0.3) is 0 Å². The Balaban J connectivity index is 2.36. The quantitative estimate of drug-likeness (QED) is 0.617. The third kappa shape index (κ3) is 2.92. The van der Waals surface area contributed by atoms with Crippen molar-refractivity contribution >= 4 is 33.0 Å². The molecule has 3 aromatic rings. The highest BCUT2D eigenvalue weighted by molar-refractivity contribution is 9.10. The van der Waals surface area contributed by atoms with Crippen LogP contribution in [0.5, 0.6) is 5.75 Å². The molecule has 0 aliphatic carbocycles. The van der Waals surface area contributed by atoms with Crippen LogP contribution in [0.15, 0.2) is 46.9 Å². The van der Waals surface area contributed by atoms with Crippen LogP contribution < -0.4 is 4.74 Å². The van der Waals surface area contributed by atoms with Gasteiger partial charge in [0.05, 0.1) is 11.2 Å². The summed E-state index contributed by atoms with van der Waals surface area (Å²) in [5.74, 6) is 0.321. The first-order chi connectivity index (χ1) is 11.0. The number of pyridine rings is 1. The summed E-state index contributed by atoms with van der Waals surface area (Å²) in [4.78, 5) is 15.8. The fraction of sp³-hybridized carbons (Fsp3) is 0.111. The number of aromatic nitrogens is 1. The Morgan fingerprint density at radius 3 is 2.61 bits per heavy atom. The van der Waals surface area contributed by atoms with Gasteiger partial charge in [-0.3, -0.25) is 0 Å². The van der Waals surface area contributed by atoms with Crippen LogP contribution in [0.1, 0.15) is 11.1 Å². The van der Waals surface area contributed by atoms with Gasteiger partial charge in [-0.2, -0.15) is 0 Å². The zero-order valence-corrected chi connectivity index (χ0v) is 14.2. The molecule has 0 bridgehead atoms. The van der Waals surface area contributed by atoms with Crippen LogP contribution in [-0.4, -0.2) is 16.2 Å². The summed E-state index contributed by atoms with van der Waals surface area (Å²) < 4.78 is 5.91. The first kappa shape index (κ1) is 15.5. The second-order valence-corrected chi connectivity index (χ2v) is 6.17. The average Bonchev–Trinajstić information content (AvgIpc) is 2.51. The molecule has 1 heterocycles. The number of fused-ring (bicyclic) bond motifs is 1. The first-order valence-corrected chi connectivity index (χ1v) is 7.83. The van der Waals surface area contributed by atoms with E-state index in [4.69, 9.17) is 14.8 Å². The van der Waals surface area contributed by atoms with Crippen molar-refractivity contribution in [3.05, 3.63) is 58.1 Å². The van der Waals surface area contributed by atoms with E-state index in [0.717, 1.165) is 21.3 Å². The van der Waals surface area contributed by atoms with E-state index in [1.807, 2.05) is 56.3 Å². The third-order valence-corrected chi connectivity index (χ3v) is 4.21. The number of benzene rings is 2. The number of carboxylic acid groups (broad SMARTS) is 1. The molecule has 0 spiro atoms. The fourth-order valence-electron chi connectivity index (χ4n) is 2.62. The summed E-state index contributed by atoms with van der Waals surface area (Å²) in [5, 5.41) is 9.75. The Bertz CT molecular complexity index is 922. The van der Waals surface area contributed by atoms with Crippen molar-refractivity contribution < 1.29 is 14.6 Å². The lowest BCUT2D eigenvalue weighted by Gasteiger charge is -2.14. The Morgan fingerprint density at radius 1 is 1.17 bits per heavy atom. The monoisotopic (exact) mass is 371 g/mol. The third-order valence-electron chi connectivity index (χ3n) is 3.72. The summed E-state index contributed by atoms with van der Waals surface area (Å²) in [5.41, 5.74) is 4.15. The van der Waals surface area contributed by atoms with E-state index in [1.165, 1.54) is 0 Å². The lowest BCUT2D eigenvalue weighted by atomic mass is 9.99. The van der Waals surface area contributed by atoms with E-state index < -0.39 is 6.16 Å². The van der Waals surface area contributed by atoms with Gasteiger partial charge in [0.2, 0.25) is 0 Å². The standard InChI is InChI=1S/C18H14BrNO3/c1-10-5-3-4-6-13(10)16-11(2)17(23-18(21)22)14-9-12(19)7-8-15(14)20-16/h3-9H,1-2H3,(H,21,22). The maximum Gasteiger partial charge on any atom is 0.511 e. The van der Waals surface area contributed by atoms with E-state index in [9.17, 15) is 4.79 Å². The molecule has 0 saturated carbocycles. The maximum absolute atomic E-state index is 11.1. The minimum atomic E-state index is -1.34. The Morgan fingerprint density at radius 2 is 1.91 bits per heavy atom. The van der Waals surface area contributed by atoms with Gasteiger partial charge >= 0.3 is 6.16 Å². The Kier molecular flexibility index (Phi) is 4.05. The zero-order valence-electron chi connectivity index (χ0n) is 12.6. The summed E-state index contributed by atoms with van der Waals surface area (Å²) in [6, 6.07) is 13.4. The predicted molar refractivity (Wildman–Crippen MR) is 93.0 cm³/mol. The highest BCUT2D eigenvalue weighted by Gasteiger charge is 2.18. The molecule has 0 saturated heterocycles. The van der Waals surface area contributed by atoms with Crippen LogP contribution >= 0.6 is 15.9 Å². The van der Waals surface area contributed by atoms with Gasteiger partial charge in [-0.1, -0.05) is 40.2 Å². The van der Waals surface area contributed by atoms with Crippen molar-refractivity contribution in [2.45, 2.75) is 13.8 Å². The van der Waals surface area contributed by atoms with Crippen LogP contribution in [0.3, 0.4) is 0 Å². The molecule has 0 fully saturated rings. The molecule has 23 heavy (non-hydrogen) atoms. The van der Waals surface area contributed by atoms with Crippen molar-refractivity contribution in [1.82, 2.24) is 4.98 Å². The molecule has 2 aromatic carbocycles. The molecule has 116 valence electrons. The van der Waals surface area contributed by atoms with Crippen LogP contribution in [0.4, 0.5) is 4.79 Å². The number of nitrogens with zero attached hydrogens (tertiary/aromatic N) is 1. The van der Waals surface area contributed by atoms with E-state index >= 15 is 0 Å². The molecule has 0 atom stereocenters. The van der Waals surface area contributed by atoms with Gasteiger partial charge in [0.1, 0.15) is 5.75 Å². The molecule has 3 rings (SSSR count). The summed E-state index contributed by atoms with van der Waals surface area (Å²) in [6.07, 6.45) is -1.34. The molecule has 0 aliphatic rings. The normalized spacial score (nSPS) is 10.7. The van der Waals surface area contributed by atoms with Gasteiger partial charge in [-0.05, 0) is 37.6 Å². The Labute approximate surface area is 141 Å². The minimum Gasteiger partial charge on any atom is -0.449 e. The predicted octanol–water partition coefficient (Wildman–Crippen LogP) is 5.34. The smallest absolute Gasteiger partial charge is 0.449 e. The van der Waals surface area contributed by atoms with Gasteiger partial charge in [0, 0.05) is 21.0 Å². The second kappa shape index (κ2) is 6.01. The summed E-state index contributed by atoms with van der Waals surface area (Å²) in [6.45, 7) is 3.83. The molecule has 0 aliphatic heterocycles. The molecule has 1 aromatic heterocycles. The minimum absolute atomic E-state index is 0.321. The van der Waals surface area contributed by atoms with Crippen LogP contribution in [0, 0.1) is 13.8 Å². The maximum atomic E-state index is 11.1. The molecular formula is C18H14BrNO3. The number of ether oxygens (including phenoxy) is 1. The first-order valence-electron chi connectivity index (χ1n) is 7.04. The van der Waals surface area contributed by atoms with Crippen LogP contribution in [0.25, 0.3) is 22.2 Å². The van der Waals surface area contributed by atoms with Crippen molar-refractivity contribution in [1.29, 1.82) is 0 Å². The summed E-state index contributed by atoms with van der Waals surface area (Å²) in [7, 11) is 0. The van der Waals surface area contributed by atoms with Crippen molar-refractivity contribution in [2.75, 3.05) is 0 Å². The number of carbonyl (C=O) groups is 1. The number of aryl methyl sites for hydroxylation is 1. The second-order valence-electron chi connectivity index (χ2n) is 5.26. The SMILES string of the molecule is Cc1ccccc1-c1nc2ccc(Br)cc2c(OC(=O)O)c1C. The van der Waals surface area contributed by atoms with Crippen LogP contribution in [0.2, 0.25) is 0 Å². The van der Waals surface area contributed by atoms with Crippen molar-refractivity contribution in [2.24, 2.45) is 0 Å². The van der Waals surface area contributed by atoms with Crippen LogP contribution in [-0.2, 0) is 0 Å². The van der Waals surface area contributed by atoms with Crippen molar-refractivity contribution in [3.63, 3.8) is 0 Å². The molecule has 1 N–H and O–H groups in total. The number of hydrogen-bond donors (Lipinski definition) is 1. The molecule has 4 nitrogen and oxygen atoms in total. The number of rotatable bonds is 2. The molecule has 0 unspecified atom stereocenters. The van der Waals surface area contributed by atoms with Gasteiger partial charge in [0.15, 0.2) is 0 Å². The average molecular weight is 372 g/mol. The molecule has 0 radical (unpaired) electrons. The molecule has 5 heteroatoms. The van der Waals surface area contributed by atoms with Crippen molar-refractivity contribution in [3.8, 4) is 17.0 Å². The fourth-order valence-corrected chi connectivity index (χ4v) is 2.98. The van der Waals surface area contributed by atoms with E-state index in [2.05, 4.69) is 15.9 Å². The number of halogens is 1. The Hall–Kier alpha value is -2.40. The van der Waals surface area contributed by atoms with E-state index in [-0.39, 0.29) is 0 Å². The molecule has 0 amide bonds. The topological polar surface area (TPSA) is 59.4 Å².